The largest absolute Gasteiger partial charge is 0.449 e. The van der Waals surface area contributed by atoms with Gasteiger partial charge >= 0.3 is 6.09 Å². The molecule has 1 aliphatic heterocycles. The van der Waals surface area contributed by atoms with Gasteiger partial charge in [0.15, 0.2) is 0 Å². The number of hydrogen-bond donors (Lipinski definition) is 0. The molecule has 0 spiro atoms. The minimum Gasteiger partial charge on any atom is -0.449 e. The van der Waals surface area contributed by atoms with Gasteiger partial charge in [0.1, 0.15) is 0 Å². The molecule has 2 heterocycles. The Labute approximate surface area is 244 Å². The van der Waals surface area contributed by atoms with Crippen LogP contribution < -0.4 is 0 Å². The second-order valence-corrected chi connectivity index (χ2v) is 11.1. The van der Waals surface area contributed by atoms with E-state index in [0.29, 0.717) is 19.7 Å². The predicted octanol–water partition coefficient (Wildman–Crippen LogP) is 6.02. The molecular weight excluding hydrogens is 526 g/mol. The molecule has 40 heavy (non-hydrogen) atoms. The molecule has 7 nitrogen and oxygen atoms in total. The molecule has 1 saturated heterocycles. The van der Waals surface area contributed by atoms with Crippen LogP contribution in [0, 0.1) is 0 Å². The minimum absolute atomic E-state index is 0.194. The van der Waals surface area contributed by atoms with Crippen molar-refractivity contribution in [1.29, 1.82) is 0 Å². The van der Waals surface area contributed by atoms with Gasteiger partial charge in [0.2, 0.25) is 0 Å². The van der Waals surface area contributed by atoms with Gasteiger partial charge < -0.3 is 19.1 Å². The Bertz CT molecular complexity index is 1120. The molecule has 0 bridgehead atoms. The van der Waals surface area contributed by atoms with Crippen molar-refractivity contribution in [2.24, 2.45) is 0 Å². The number of piperidine rings is 1. The highest BCUT2D eigenvalue weighted by Crippen LogP contribution is 2.38. The Morgan fingerprint density at radius 1 is 0.900 bits per heavy atom. The second-order valence-electron chi connectivity index (χ2n) is 10.6. The van der Waals surface area contributed by atoms with E-state index in [9.17, 15) is 4.79 Å². The van der Waals surface area contributed by atoms with Crippen LogP contribution in [0.3, 0.4) is 0 Å². The van der Waals surface area contributed by atoms with Crippen LogP contribution in [-0.4, -0.2) is 87.6 Å². The number of fused-ring (bicyclic) bond motifs is 2. The zero-order chi connectivity index (χ0) is 28.2. The smallest absolute Gasteiger partial charge is 0.409 e. The van der Waals surface area contributed by atoms with Crippen LogP contribution in [0.25, 0.3) is 5.57 Å². The normalized spacial score (nSPS) is 15.2. The number of halogens is 1. The van der Waals surface area contributed by atoms with Crippen molar-refractivity contribution in [3.8, 4) is 0 Å². The number of aromatic nitrogens is 1. The number of likely N-dealkylation sites (tertiary alicyclic amines) is 1. The maximum absolute atomic E-state index is 12.8. The molecule has 1 fully saturated rings. The maximum Gasteiger partial charge on any atom is 0.409 e. The average Bonchev–Trinajstić information content (AvgIpc) is 3.14. The lowest BCUT2D eigenvalue weighted by Gasteiger charge is -2.29. The van der Waals surface area contributed by atoms with E-state index in [1.54, 1.807) is 14.2 Å². The summed E-state index contributed by atoms with van der Waals surface area (Å²) in [5, 5.41) is 0.769. The number of hydrogen-bond acceptors (Lipinski definition) is 6. The number of aryl methyl sites for hydroxylation is 2. The number of rotatable bonds is 13. The molecule has 1 aromatic carbocycles. The predicted molar refractivity (Wildman–Crippen MR) is 160 cm³/mol. The molecule has 4 rings (SSSR count). The molecule has 1 amide bonds. The summed E-state index contributed by atoms with van der Waals surface area (Å²) in [6.45, 7) is 6.18. The Balaban J connectivity index is 1.24. The standard InChI is InChI=1S/C32H44ClN3O4/c1-38-22-19-35(20-23-39-2)16-5-3-4-6-21-40-32(37)36-17-13-25(14-18-36)30-29-12-11-28(33)24-27(29)10-9-26-8-7-15-34-31(26)30/h7-8,11-12,15,24H,3-6,9-10,13-14,16-23H2,1-2H3. The monoisotopic (exact) mass is 569 g/mol. The van der Waals surface area contributed by atoms with Crippen LogP contribution in [0.1, 0.15) is 60.9 Å². The molecule has 1 aliphatic carbocycles. The fraction of sp³-hybridized carbons (Fsp3) is 0.562. The molecular formula is C32H44ClN3O4. The summed E-state index contributed by atoms with van der Waals surface area (Å²) < 4.78 is 16.1. The molecule has 0 N–H and O–H groups in total. The fourth-order valence-electron chi connectivity index (χ4n) is 5.66. The lowest BCUT2D eigenvalue weighted by atomic mass is 9.88. The number of carbonyl (C=O) groups is 1. The first-order valence-electron chi connectivity index (χ1n) is 14.7. The molecule has 2 aliphatic rings. The van der Waals surface area contributed by atoms with Crippen molar-refractivity contribution in [1.82, 2.24) is 14.8 Å². The number of ether oxygens (including phenoxy) is 3. The Morgan fingerprint density at radius 3 is 2.38 bits per heavy atom. The third-order valence-corrected chi connectivity index (χ3v) is 8.16. The summed E-state index contributed by atoms with van der Waals surface area (Å²) >= 11 is 6.35. The highest BCUT2D eigenvalue weighted by atomic mass is 35.5. The van der Waals surface area contributed by atoms with E-state index in [4.69, 9.17) is 30.8 Å². The second kappa shape index (κ2) is 16.1. The molecule has 0 radical (unpaired) electrons. The van der Waals surface area contributed by atoms with Crippen molar-refractivity contribution >= 4 is 23.3 Å². The molecule has 1 aromatic heterocycles. The summed E-state index contributed by atoms with van der Waals surface area (Å²) in [6.07, 6.45) is 9.43. The summed E-state index contributed by atoms with van der Waals surface area (Å²) in [5.41, 5.74) is 7.45. The van der Waals surface area contributed by atoms with Crippen LogP contribution in [0.15, 0.2) is 42.1 Å². The van der Waals surface area contributed by atoms with E-state index in [2.05, 4.69) is 23.1 Å². The molecule has 8 heteroatoms. The van der Waals surface area contributed by atoms with E-state index < -0.39 is 0 Å². The Hall–Kier alpha value is -2.45. The van der Waals surface area contributed by atoms with Gasteiger partial charge in [-0.15, -0.1) is 0 Å². The molecule has 0 atom stereocenters. The van der Waals surface area contributed by atoms with Gasteiger partial charge in [-0.1, -0.05) is 42.1 Å². The topological polar surface area (TPSA) is 64.1 Å². The third kappa shape index (κ3) is 8.53. The van der Waals surface area contributed by atoms with Gasteiger partial charge in [-0.05, 0) is 80.0 Å². The Morgan fingerprint density at radius 2 is 1.62 bits per heavy atom. The van der Waals surface area contributed by atoms with Gasteiger partial charge in [-0.3, -0.25) is 9.88 Å². The summed E-state index contributed by atoms with van der Waals surface area (Å²) in [6, 6.07) is 10.4. The van der Waals surface area contributed by atoms with Gasteiger partial charge in [-0.2, -0.15) is 0 Å². The number of amides is 1. The van der Waals surface area contributed by atoms with E-state index in [-0.39, 0.29) is 6.09 Å². The van der Waals surface area contributed by atoms with E-state index in [0.717, 1.165) is 94.9 Å². The van der Waals surface area contributed by atoms with Crippen molar-refractivity contribution in [3.63, 3.8) is 0 Å². The van der Waals surface area contributed by atoms with Gasteiger partial charge in [0.05, 0.1) is 25.5 Å². The quantitative estimate of drug-likeness (QED) is 0.275. The average molecular weight is 570 g/mol. The minimum atomic E-state index is -0.194. The lowest BCUT2D eigenvalue weighted by molar-refractivity contribution is 0.0974. The lowest BCUT2D eigenvalue weighted by Crippen LogP contribution is -2.37. The highest BCUT2D eigenvalue weighted by molar-refractivity contribution is 6.30. The van der Waals surface area contributed by atoms with Crippen LogP contribution in [0.5, 0.6) is 0 Å². The molecule has 0 saturated carbocycles. The van der Waals surface area contributed by atoms with Crippen LogP contribution in [0.2, 0.25) is 5.02 Å². The van der Waals surface area contributed by atoms with Gasteiger partial charge in [0.25, 0.3) is 0 Å². The summed E-state index contributed by atoms with van der Waals surface area (Å²) in [5.74, 6) is 0. The first-order chi connectivity index (χ1) is 19.6. The van der Waals surface area contributed by atoms with Crippen LogP contribution in [-0.2, 0) is 27.1 Å². The van der Waals surface area contributed by atoms with Crippen LogP contribution in [0.4, 0.5) is 4.79 Å². The first-order valence-corrected chi connectivity index (χ1v) is 15.1. The van der Waals surface area contributed by atoms with E-state index in [1.807, 2.05) is 23.2 Å². The highest BCUT2D eigenvalue weighted by Gasteiger charge is 2.27. The maximum atomic E-state index is 12.8. The third-order valence-electron chi connectivity index (χ3n) is 7.92. The first kappa shape index (κ1) is 30.5. The Kier molecular flexibility index (Phi) is 12.3. The zero-order valence-electron chi connectivity index (χ0n) is 24.1. The number of benzene rings is 1. The van der Waals surface area contributed by atoms with Crippen molar-refractivity contribution in [3.05, 3.63) is 69.5 Å². The number of methoxy groups -OCH3 is 2. The van der Waals surface area contributed by atoms with Crippen molar-refractivity contribution in [2.45, 2.75) is 51.4 Å². The summed E-state index contributed by atoms with van der Waals surface area (Å²) in [7, 11) is 3.47. The molecule has 218 valence electrons. The van der Waals surface area contributed by atoms with Crippen LogP contribution >= 0.6 is 11.6 Å². The SMILES string of the molecule is COCCN(CCCCCCOC(=O)N1CCC(=C2c3ccc(Cl)cc3CCc3cccnc32)CC1)CCOC. The number of unbranched alkanes of at least 4 members (excludes halogenated alkanes) is 3. The van der Waals surface area contributed by atoms with Crippen molar-refractivity contribution in [2.75, 3.05) is 66.8 Å². The number of nitrogens with zero attached hydrogens (tertiary/aromatic N) is 3. The summed E-state index contributed by atoms with van der Waals surface area (Å²) in [4.78, 5) is 21.8. The number of pyridine rings is 1. The molecule has 2 aromatic rings. The number of carbonyl (C=O) groups excluding carboxylic acids is 1. The van der Waals surface area contributed by atoms with Gasteiger partial charge in [-0.25, -0.2) is 4.79 Å². The van der Waals surface area contributed by atoms with E-state index in [1.165, 1.54) is 27.8 Å². The van der Waals surface area contributed by atoms with Crippen molar-refractivity contribution < 1.29 is 19.0 Å². The van der Waals surface area contributed by atoms with E-state index >= 15 is 0 Å². The zero-order valence-corrected chi connectivity index (χ0v) is 24.9. The van der Waals surface area contributed by atoms with Gasteiger partial charge in [0, 0.05) is 57.2 Å². The fourth-order valence-corrected chi connectivity index (χ4v) is 5.86. The molecule has 0 unspecified atom stereocenters.